The normalized spacial score (nSPS) is 10.4. The molecule has 0 radical (unpaired) electrons. The van der Waals surface area contributed by atoms with E-state index >= 15 is 0 Å². The van der Waals surface area contributed by atoms with Gasteiger partial charge in [-0.25, -0.2) is 4.79 Å². The first kappa shape index (κ1) is 18.1. The van der Waals surface area contributed by atoms with Crippen LogP contribution in [-0.4, -0.2) is 13.3 Å². The Balaban J connectivity index is 2.23. The van der Waals surface area contributed by atoms with Crippen LogP contribution in [0.4, 0.5) is 4.79 Å². The minimum absolute atomic E-state index is 0.266. The molecule has 2 aromatic carbocycles. The van der Waals surface area contributed by atoms with Crippen molar-refractivity contribution in [2.75, 3.05) is 7.11 Å². The van der Waals surface area contributed by atoms with E-state index in [0.29, 0.717) is 16.5 Å². The van der Waals surface area contributed by atoms with E-state index in [4.69, 9.17) is 21.1 Å². The predicted octanol–water partition coefficient (Wildman–Crippen LogP) is 5.24. The molecule has 0 saturated carbocycles. The van der Waals surface area contributed by atoms with Crippen molar-refractivity contribution < 1.29 is 19.0 Å². The van der Waals surface area contributed by atoms with Crippen LogP contribution in [0.25, 0.3) is 0 Å². The minimum Gasteiger partial charge on any atom is -0.488 e. The third kappa shape index (κ3) is 4.20. The van der Waals surface area contributed by atoms with Crippen LogP contribution in [0.5, 0.6) is 11.5 Å². The Hall–Kier alpha value is -2.20. The van der Waals surface area contributed by atoms with Gasteiger partial charge in [-0.2, -0.15) is 0 Å². The largest absolute Gasteiger partial charge is 0.513 e. The van der Waals surface area contributed by atoms with Crippen LogP contribution >= 0.6 is 11.6 Å². The molecule has 0 fully saturated rings. The molecule has 128 valence electrons. The number of benzene rings is 2. The highest BCUT2D eigenvalue weighted by atomic mass is 35.5. The van der Waals surface area contributed by atoms with Crippen molar-refractivity contribution in [3.63, 3.8) is 0 Å². The Morgan fingerprint density at radius 3 is 2.54 bits per heavy atom. The molecule has 2 aromatic rings. The molecule has 2 rings (SSSR count). The third-order valence-electron chi connectivity index (χ3n) is 3.82. The molecule has 0 heterocycles. The second-order valence-corrected chi connectivity index (χ2v) is 5.87. The summed E-state index contributed by atoms with van der Waals surface area (Å²) >= 11 is 6.27. The smallest absolute Gasteiger partial charge is 0.488 e. The highest BCUT2D eigenvalue weighted by molar-refractivity contribution is 6.31. The van der Waals surface area contributed by atoms with Crippen LogP contribution in [0.1, 0.15) is 29.2 Å². The maximum atomic E-state index is 11.4. The third-order valence-corrected chi connectivity index (χ3v) is 4.18. The molecule has 24 heavy (non-hydrogen) atoms. The van der Waals surface area contributed by atoms with Gasteiger partial charge in [-0.3, -0.25) is 0 Å². The molecule has 0 bridgehead atoms. The number of carbonyl (C=O) groups is 1. The molecule has 0 aliphatic rings. The van der Waals surface area contributed by atoms with Gasteiger partial charge in [0.2, 0.25) is 0 Å². The van der Waals surface area contributed by atoms with E-state index in [9.17, 15) is 4.79 Å². The lowest BCUT2D eigenvalue weighted by molar-refractivity contribution is 0.120. The topological polar surface area (TPSA) is 44.8 Å². The van der Waals surface area contributed by atoms with Gasteiger partial charge in [-0.15, -0.1) is 0 Å². The van der Waals surface area contributed by atoms with Gasteiger partial charge in [0.1, 0.15) is 18.1 Å². The van der Waals surface area contributed by atoms with Crippen molar-refractivity contribution in [1.29, 1.82) is 0 Å². The van der Waals surface area contributed by atoms with E-state index in [1.54, 1.807) is 6.07 Å². The lowest BCUT2D eigenvalue weighted by Gasteiger charge is -2.15. The van der Waals surface area contributed by atoms with Gasteiger partial charge in [-0.05, 0) is 49.1 Å². The van der Waals surface area contributed by atoms with Crippen LogP contribution in [0.2, 0.25) is 5.02 Å². The fourth-order valence-electron chi connectivity index (χ4n) is 2.39. The molecule has 0 aliphatic heterocycles. The average molecular weight is 349 g/mol. The summed E-state index contributed by atoms with van der Waals surface area (Å²) in [6.45, 7) is 6.24. The van der Waals surface area contributed by atoms with Crippen molar-refractivity contribution in [3.8, 4) is 11.5 Å². The van der Waals surface area contributed by atoms with E-state index in [2.05, 4.69) is 11.7 Å². The Labute approximate surface area is 147 Å². The summed E-state index contributed by atoms with van der Waals surface area (Å²) < 4.78 is 15.7. The van der Waals surface area contributed by atoms with E-state index < -0.39 is 6.16 Å². The second-order valence-electron chi connectivity index (χ2n) is 5.46. The first-order valence-electron chi connectivity index (χ1n) is 7.72. The van der Waals surface area contributed by atoms with Crippen LogP contribution in [0.15, 0.2) is 30.3 Å². The van der Waals surface area contributed by atoms with E-state index in [-0.39, 0.29) is 6.61 Å². The molecule has 0 saturated heterocycles. The molecule has 0 amide bonds. The van der Waals surface area contributed by atoms with E-state index in [0.717, 1.165) is 28.7 Å². The zero-order chi connectivity index (χ0) is 17.7. The first-order chi connectivity index (χ1) is 11.5. The number of carbonyl (C=O) groups excluding carboxylic acids is 1. The minimum atomic E-state index is -0.756. The van der Waals surface area contributed by atoms with Crippen LogP contribution in [0, 0.1) is 13.8 Å². The molecule has 0 N–H and O–H groups in total. The molecule has 5 heteroatoms. The number of rotatable bonds is 5. The quantitative estimate of drug-likeness (QED) is 0.547. The average Bonchev–Trinajstić information content (AvgIpc) is 2.56. The predicted molar refractivity (Wildman–Crippen MR) is 94.1 cm³/mol. The molecule has 0 atom stereocenters. The van der Waals surface area contributed by atoms with Crippen LogP contribution < -0.4 is 9.47 Å². The number of hydrogen-bond acceptors (Lipinski definition) is 4. The lowest BCUT2D eigenvalue weighted by Crippen LogP contribution is -2.10. The first-order valence-corrected chi connectivity index (χ1v) is 8.10. The highest BCUT2D eigenvalue weighted by Crippen LogP contribution is 2.30. The standard InChI is InChI=1S/C19H21ClO4/c1-5-14-9-13(3)18(10-16(14)20)23-11-15-12(2)7-6-8-17(15)24-19(21)22-4/h6-10H,5,11H2,1-4H3. The zero-order valence-corrected chi connectivity index (χ0v) is 15.1. The maximum Gasteiger partial charge on any atom is 0.513 e. The van der Waals surface area contributed by atoms with Crippen molar-refractivity contribution in [2.24, 2.45) is 0 Å². The summed E-state index contributed by atoms with van der Waals surface area (Å²) in [6, 6.07) is 9.32. The van der Waals surface area contributed by atoms with Gasteiger partial charge in [0.25, 0.3) is 0 Å². The van der Waals surface area contributed by atoms with Crippen molar-refractivity contribution in [1.82, 2.24) is 0 Å². The summed E-state index contributed by atoms with van der Waals surface area (Å²) in [5.74, 6) is 1.14. The van der Waals surface area contributed by atoms with Gasteiger partial charge < -0.3 is 14.2 Å². The number of ether oxygens (including phenoxy) is 3. The van der Waals surface area contributed by atoms with E-state index in [1.807, 2.05) is 38.1 Å². The van der Waals surface area contributed by atoms with Crippen molar-refractivity contribution in [3.05, 3.63) is 57.6 Å². The fourth-order valence-corrected chi connectivity index (χ4v) is 2.67. The molecule has 4 nitrogen and oxygen atoms in total. The number of aryl methyl sites for hydroxylation is 3. The maximum absolute atomic E-state index is 11.4. The van der Waals surface area contributed by atoms with Crippen LogP contribution in [0.3, 0.4) is 0 Å². The van der Waals surface area contributed by atoms with Crippen LogP contribution in [-0.2, 0) is 17.8 Å². The Kier molecular flexibility index (Phi) is 6.10. The highest BCUT2D eigenvalue weighted by Gasteiger charge is 2.13. The SMILES string of the molecule is CCc1cc(C)c(OCc2c(C)cccc2OC(=O)OC)cc1Cl. The van der Waals surface area contributed by atoms with Crippen molar-refractivity contribution >= 4 is 17.8 Å². The van der Waals surface area contributed by atoms with Gasteiger partial charge in [-0.1, -0.05) is 36.7 Å². The molecule has 0 aromatic heterocycles. The number of halogens is 1. The monoisotopic (exact) mass is 348 g/mol. The molecule has 0 aliphatic carbocycles. The van der Waals surface area contributed by atoms with E-state index in [1.165, 1.54) is 7.11 Å². The number of hydrogen-bond donors (Lipinski definition) is 0. The summed E-state index contributed by atoms with van der Waals surface area (Å²) in [5, 5.41) is 0.689. The molecule has 0 spiro atoms. The number of methoxy groups -OCH3 is 1. The Bertz CT molecular complexity index is 740. The lowest BCUT2D eigenvalue weighted by atomic mass is 10.1. The summed E-state index contributed by atoms with van der Waals surface area (Å²) in [5.41, 5.74) is 3.86. The van der Waals surface area contributed by atoms with Gasteiger partial charge in [0, 0.05) is 10.6 Å². The van der Waals surface area contributed by atoms with Gasteiger partial charge in [0.15, 0.2) is 0 Å². The second kappa shape index (κ2) is 8.06. The summed E-state index contributed by atoms with van der Waals surface area (Å²) in [6.07, 6.45) is 0.114. The van der Waals surface area contributed by atoms with Gasteiger partial charge in [0.05, 0.1) is 7.11 Å². The summed E-state index contributed by atoms with van der Waals surface area (Å²) in [4.78, 5) is 11.4. The molecular formula is C19H21ClO4. The Morgan fingerprint density at radius 2 is 1.88 bits per heavy atom. The van der Waals surface area contributed by atoms with Gasteiger partial charge >= 0.3 is 6.16 Å². The fraction of sp³-hybridized carbons (Fsp3) is 0.316. The zero-order valence-electron chi connectivity index (χ0n) is 14.3. The molecular weight excluding hydrogens is 328 g/mol. The van der Waals surface area contributed by atoms with Crippen molar-refractivity contribution in [2.45, 2.75) is 33.8 Å². The molecule has 0 unspecified atom stereocenters. The Morgan fingerprint density at radius 1 is 1.12 bits per heavy atom. The summed E-state index contributed by atoms with van der Waals surface area (Å²) in [7, 11) is 1.27.